The highest BCUT2D eigenvalue weighted by molar-refractivity contribution is 5.95. The molecule has 0 aliphatic rings. The number of guanidine groups is 1. The van der Waals surface area contributed by atoms with Gasteiger partial charge in [-0.25, -0.2) is 0 Å². The van der Waals surface area contributed by atoms with E-state index in [0.29, 0.717) is 32.1 Å². The van der Waals surface area contributed by atoms with Gasteiger partial charge < -0.3 is 49.0 Å². The molecule has 0 heterocycles. The molecule has 0 aliphatic carbocycles. The number of hydrogen-bond acceptors (Lipinski definition) is 8. The van der Waals surface area contributed by atoms with Crippen LogP contribution >= 0.6 is 0 Å². The number of nitrogens with one attached hydrogen (secondary N) is 4. The van der Waals surface area contributed by atoms with E-state index in [2.05, 4.69) is 26.3 Å². The molecular weight excluding hydrogens is 482 g/mol. The predicted octanol–water partition coefficient (Wildman–Crippen LogP) is -2.67. The molecule has 14 nitrogen and oxygen atoms in total. The number of amides is 4. The third kappa shape index (κ3) is 14.2. The molecule has 212 valence electrons. The van der Waals surface area contributed by atoms with Crippen molar-refractivity contribution in [1.29, 1.82) is 0 Å². The van der Waals surface area contributed by atoms with E-state index in [4.69, 9.17) is 22.9 Å². The van der Waals surface area contributed by atoms with Crippen molar-refractivity contribution < 1.29 is 24.0 Å². The van der Waals surface area contributed by atoms with Gasteiger partial charge in [-0.05, 0) is 52.0 Å². The van der Waals surface area contributed by atoms with E-state index in [1.165, 1.54) is 13.8 Å². The van der Waals surface area contributed by atoms with Crippen LogP contribution in [0.25, 0.3) is 0 Å². The van der Waals surface area contributed by atoms with Crippen LogP contribution in [0.3, 0.4) is 0 Å². The Morgan fingerprint density at radius 1 is 0.811 bits per heavy atom. The third-order valence-electron chi connectivity index (χ3n) is 5.46. The molecule has 0 bridgehead atoms. The number of unbranched alkanes of at least 4 members (excludes halogenated alkanes) is 1. The molecule has 37 heavy (non-hydrogen) atoms. The maximum Gasteiger partial charge on any atom is 0.243 e. The largest absolute Gasteiger partial charge is 0.370 e. The molecule has 0 aromatic carbocycles. The number of nitrogens with two attached hydrogens (primary N) is 4. The number of aldehydes is 1. The van der Waals surface area contributed by atoms with Crippen LogP contribution in [0.2, 0.25) is 0 Å². The molecule has 0 aliphatic heterocycles. The van der Waals surface area contributed by atoms with Crippen molar-refractivity contribution in [3.8, 4) is 0 Å². The fourth-order valence-corrected chi connectivity index (χ4v) is 3.23. The van der Waals surface area contributed by atoms with Crippen LogP contribution in [0.5, 0.6) is 0 Å². The molecule has 0 aromatic heterocycles. The number of nitrogens with zero attached hydrogens (tertiary/aromatic N) is 1. The minimum Gasteiger partial charge on any atom is -0.370 e. The van der Waals surface area contributed by atoms with Gasteiger partial charge in [0.25, 0.3) is 0 Å². The lowest BCUT2D eigenvalue weighted by Gasteiger charge is -2.27. The lowest BCUT2D eigenvalue weighted by Crippen LogP contribution is -2.59. The van der Waals surface area contributed by atoms with Crippen LogP contribution in [-0.2, 0) is 24.0 Å². The summed E-state index contributed by atoms with van der Waals surface area (Å²) in [7, 11) is 0. The fraction of sp³-hybridized carbons (Fsp3) is 0.739. The second-order valence-corrected chi connectivity index (χ2v) is 9.29. The summed E-state index contributed by atoms with van der Waals surface area (Å²) in [4.78, 5) is 65.5. The van der Waals surface area contributed by atoms with Crippen molar-refractivity contribution in [2.45, 2.75) is 90.0 Å². The van der Waals surface area contributed by atoms with Gasteiger partial charge >= 0.3 is 0 Å². The highest BCUT2D eigenvalue weighted by Gasteiger charge is 2.31. The molecule has 0 unspecified atom stereocenters. The van der Waals surface area contributed by atoms with Crippen LogP contribution in [-0.4, -0.2) is 79.2 Å². The second-order valence-electron chi connectivity index (χ2n) is 9.29. The third-order valence-corrected chi connectivity index (χ3v) is 5.46. The van der Waals surface area contributed by atoms with Crippen molar-refractivity contribution in [3.05, 3.63) is 0 Å². The quantitative estimate of drug-likeness (QED) is 0.0400. The maximum atomic E-state index is 13.1. The molecule has 0 rings (SSSR count). The molecule has 5 atom stereocenters. The molecule has 0 saturated carbocycles. The van der Waals surface area contributed by atoms with Gasteiger partial charge in [0.1, 0.15) is 24.4 Å². The average molecular weight is 528 g/mol. The van der Waals surface area contributed by atoms with Crippen LogP contribution in [0.1, 0.15) is 59.8 Å². The number of rotatable bonds is 18. The van der Waals surface area contributed by atoms with Crippen molar-refractivity contribution in [2.75, 3.05) is 13.1 Å². The van der Waals surface area contributed by atoms with Crippen LogP contribution in [0.15, 0.2) is 4.99 Å². The first kappa shape index (κ1) is 33.7. The van der Waals surface area contributed by atoms with Gasteiger partial charge in [-0.3, -0.25) is 24.2 Å². The minimum absolute atomic E-state index is 0.0933. The molecule has 0 saturated heterocycles. The van der Waals surface area contributed by atoms with Crippen molar-refractivity contribution in [1.82, 2.24) is 21.3 Å². The monoisotopic (exact) mass is 527 g/mol. The zero-order chi connectivity index (χ0) is 28.5. The number of hydrogen-bond donors (Lipinski definition) is 8. The highest BCUT2D eigenvalue weighted by Crippen LogP contribution is 2.07. The van der Waals surface area contributed by atoms with Gasteiger partial charge in [-0.1, -0.05) is 20.3 Å². The SMILES string of the molecule is CC(C)[C@H](NC(=O)[C@H](CCCN=C(N)N)NC(=O)[C@@H](N)CCCCN)C(=O)N[C@@H](C)C(=O)N[C@@H](C)C=O. The Labute approximate surface area is 218 Å². The van der Waals surface area contributed by atoms with Gasteiger partial charge in [-0.15, -0.1) is 0 Å². The van der Waals surface area contributed by atoms with Crippen molar-refractivity contribution in [2.24, 2.45) is 33.8 Å². The Kier molecular flexibility index (Phi) is 16.5. The maximum absolute atomic E-state index is 13.1. The molecule has 0 radical (unpaired) electrons. The number of carbonyl (C=O) groups excluding carboxylic acids is 5. The number of aliphatic imine (C=N–C) groups is 1. The summed E-state index contributed by atoms with van der Waals surface area (Å²) in [5, 5.41) is 10.3. The van der Waals surface area contributed by atoms with E-state index < -0.39 is 53.8 Å². The average Bonchev–Trinajstić information content (AvgIpc) is 2.83. The Bertz CT molecular complexity index is 787. The Morgan fingerprint density at radius 2 is 1.46 bits per heavy atom. The van der Waals surface area contributed by atoms with Gasteiger partial charge in [-0.2, -0.15) is 0 Å². The lowest BCUT2D eigenvalue weighted by atomic mass is 10.0. The fourth-order valence-electron chi connectivity index (χ4n) is 3.23. The summed E-state index contributed by atoms with van der Waals surface area (Å²) in [6, 6.07) is -4.48. The first-order valence-corrected chi connectivity index (χ1v) is 12.5. The zero-order valence-corrected chi connectivity index (χ0v) is 22.3. The van der Waals surface area contributed by atoms with E-state index >= 15 is 0 Å². The van der Waals surface area contributed by atoms with E-state index in [1.54, 1.807) is 13.8 Å². The van der Waals surface area contributed by atoms with Crippen LogP contribution < -0.4 is 44.2 Å². The lowest BCUT2D eigenvalue weighted by molar-refractivity contribution is -0.134. The standard InChI is InChI=1S/C23H45N9O5/c1-13(2)18(22(37)30-15(4)19(34)29-14(3)12-33)32-21(36)17(9-7-11-28-23(26)27)31-20(35)16(25)8-5-6-10-24/h12-18H,5-11,24-25H2,1-4H3,(H,29,34)(H,30,37)(H,31,35)(H,32,36)(H4,26,27,28)/t14-,15-,16-,17-,18-/m0/s1. The number of carbonyl (C=O) groups is 5. The Morgan fingerprint density at radius 3 is 2.00 bits per heavy atom. The van der Waals surface area contributed by atoms with Gasteiger partial charge in [0.05, 0.1) is 12.1 Å². The minimum atomic E-state index is -0.999. The van der Waals surface area contributed by atoms with Crippen molar-refractivity contribution >= 4 is 35.9 Å². The smallest absolute Gasteiger partial charge is 0.243 e. The molecule has 4 amide bonds. The Hall–Kier alpha value is -3.26. The summed E-state index contributed by atoms with van der Waals surface area (Å²) < 4.78 is 0. The molecule has 0 aromatic rings. The van der Waals surface area contributed by atoms with E-state index in [1.807, 2.05) is 0 Å². The second kappa shape index (κ2) is 18.1. The van der Waals surface area contributed by atoms with E-state index in [0.717, 1.165) is 6.42 Å². The van der Waals surface area contributed by atoms with Crippen molar-refractivity contribution in [3.63, 3.8) is 0 Å². The first-order valence-electron chi connectivity index (χ1n) is 12.5. The normalized spacial score (nSPS) is 14.9. The summed E-state index contributed by atoms with van der Waals surface area (Å²) in [5.41, 5.74) is 22.1. The zero-order valence-electron chi connectivity index (χ0n) is 22.3. The van der Waals surface area contributed by atoms with Crippen LogP contribution in [0.4, 0.5) is 0 Å². The summed E-state index contributed by atoms with van der Waals surface area (Å²) in [6.07, 6.45) is 2.93. The molecule has 14 heteroatoms. The Balaban J connectivity index is 5.41. The predicted molar refractivity (Wildman–Crippen MR) is 141 cm³/mol. The summed E-state index contributed by atoms with van der Waals surface area (Å²) >= 11 is 0. The molecular formula is C23H45N9O5. The topological polar surface area (TPSA) is 250 Å². The van der Waals surface area contributed by atoms with E-state index in [9.17, 15) is 24.0 Å². The summed E-state index contributed by atoms with van der Waals surface area (Å²) in [5.74, 6) is -2.66. The molecule has 12 N–H and O–H groups in total. The summed E-state index contributed by atoms with van der Waals surface area (Å²) in [6.45, 7) is 7.14. The van der Waals surface area contributed by atoms with E-state index in [-0.39, 0.29) is 24.8 Å². The van der Waals surface area contributed by atoms with Crippen LogP contribution in [0, 0.1) is 5.92 Å². The molecule has 0 spiro atoms. The first-order chi connectivity index (χ1) is 17.3. The van der Waals surface area contributed by atoms with Gasteiger partial charge in [0.15, 0.2) is 5.96 Å². The van der Waals surface area contributed by atoms with Gasteiger partial charge in [0, 0.05) is 6.54 Å². The molecule has 0 fully saturated rings. The van der Waals surface area contributed by atoms with Gasteiger partial charge in [0.2, 0.25) is 23.6 Å². The highest BCUT2D eigenvalue weighted by atomic mass is 16.2.